The highest BCUT2D eigenvalue weighted by molar-refractivity contribution is 5.86. The van der Waals surface area contributed by atoms with E-state index < -0.39 is 0 Å². The van der Waals surface area contributed by atoms with E-state index in [4.69, 9.17) is 14.2 Å². The molecule has 0 bridgehead atoms. The summed E-state index contributed by atoms with van der Waals surface area (Å²) in [5.74, 6) is 1.25. The molecule has 0 atom stereocenters. The van der Waals surface area contributed by atoms with Gasteiger partial charge in [0.05, 0.1) is 14.2 Å². The lowest BCUT2D eigenvalue weighted by Crippen LogP contribution is -2.36. The smallest absolute Gasteiger partial charge is 0.317 e. The van der Waals surface area contributed by atoms with Crippen molar-refractivity contribution in [3.8, 4) is 17.5 Å². The monoisotopic (exact) mass is 345 g/mol. The zero-order valence-electron chi connectivity index (χ0n) is 15.3. The molecule has 136 valence electrons. The molecule has 6 nitrogen and oxygen atoms in total. The van der Waals surface area contributed by atoms with Crippen LogP contribution in [0.3, 0.4) is 0 Å². The van der Waals surface area contributed by atoms with Crippen molar-refractivity contribution in [2.24, 2.45) is 0 Å². The Balaban J connectivity index is 1.65. The molecule has 0 saturated heterocycles. The number of ether oxygens (including phenoxy) is 3. The molecule has 0 spiro atoms. The van der Waals surface area contributed by atoms with Crippen molar-refractivity contribution in [1.82, 2.24) is 14.9 Å². The second-order valence-corrected chi connectivity index (χ2v) is 6.51. The molecule has 1 fully saturated rings. The van der Waals surface area contributed by atoms with Gasteiger partial charge in [0.2, 0.25) is 0 Å². The summed E-state index contributed by atoms with van der Waals surface area (Å²) in [5.41, 5.74) is 0.701. The lowest BCUT2D eigenvalue weighted by molar-refractivity contribution is 0.156. The Morgan fingerprint density at radius 3 is 2.64 bits per heavy atom. The third-order valence-electron chi connectivity index (χ3n) is 4.95. The Labute approximate surface area is 149 Å². The molecule has 1 aliphatic rings. The van der Waals surface area contributed by atoms with Crippen LogP contribution in [0.5, 0.6) is 17.5 Å². The van der Waals surface area contributed by atoms with Gasteiger partial charge in [-0.2, -0.15) is 4.98 Å². The first-order chi connectivity index (χ1) is 12.2. The summed E-state index contributed by atoms with van der Waals surface area (Å²) in [6, 6.07) is 4.82. The number of hydrogen-bond donors (Lipinski definition) is 0. The molecule has 6 heteroatoms. The van der Waals surface area contributed by atoms with E-state index in [0.29, 0.717) is 35.7 Å². The standard InChI is InChI=1S/C19H27N3O3/c1-22(15-7-5-4-6-8-15)11-12-25-19-20-13-14-9-10-16(23-2)18(24-3)17(14)21-19/h9-10,13,15H,4-8,11-12H2,1-3H3. The first kappa shape index (κ1) is 17.7. The third kappa shape index (κ3) is 4.12. The number of likely N-dealkylation sites (N-methyl/N-ethyl adjacent to an activating group) is 1. The van der Waals surface area contributed by atoms with Gasteiger partial charge < -0.3 is 19.1 Å². The van der Waals surface area contributed by atoms with Gasteiger partial charge in [-0.3, -0.25) is 0 Å². The first-order valence-electron chi connectivity index (χ1n) is 8.93. The quantitative estimate of drug-likeness (QED) is 0.767. The van der Waals surface area contributed by atoms with Crippen LogP contribution in [0.4, 0.5) is 0 Å². The maximum Gasteiger partial charge on any atom is 0.317 e. The molecule has 25 heavy (non-hydrogen) atoms. The van der Waals surface area contributed by atoms with Gasteiger partial charge in [0, 0.05) is 24.2 Å². The second kappa shape index (κ2) is 8.34. The van der Waals surface area contributed by atoms with E-state index in [9.17, 15) is 0 Å². The third-order valence-corrected chi connectivity index (χ3v) is 4.95. The number of rotatable bonds is 7. The Morgan fingerprint density at radius 1 is 1.12 bits per heavy atom. The normalized spacial score (nSPS) is 15.5. The zero-order valence-corrected chi connectivity index (χ0v) is 15.3. The maximum absolute atomic E-state index is 5.79. The molecule has 2 aromatic rings. The van der Waals surface area contributed by atoms with E-state index in [-0.39, 0.29) is 0 Å². The van der Waals surface area contributed by atoms with Gasteiger partial charge in [-0.05, 0) is 32.0 Å². The van der Waals surface area contributed by atoms with Gasteiger partial charge in [-0.25, -0.2) is 4.98 Å². The zero-order chi connectivity index (χ0) is 17.6. The highest BCUT2D eigenvalue weighted by Crippen LogP contribution is 2.34. The molecular weight excluding hydrogens is 318 g/mol. The number of aromatic nitrogens is 2. The molecule has 3 rings (SSSR count). The van der Waals surface area contributed by atoms with Gasteiger partial charge in [0.25, 0.3) is 0 Å². The summed E-state index contributed by atoms with van der Waals surface area (Å²) in [6.07, 6.45) is 8.39. The molecule has 1 heterocycles. The molecule has 1 saturated carbocycles. The Morgan fingerprint density at radius 2 is 1.92 bits per heavy atom. The Bertz CT molecular complexity index is 702. The minimum Gasteiger partial charge on any atom is -0.493 e. The summed E-state index contributed by atoms with van der Waals surface area (Å²) in [6.45, 7) is 1.45. The summed E-state index contributed by atoms with van der Waals surface area (Å²) < 4.78 is 16.6. The number of hydrogen-bond acceptors (Lipinski definition) is 6. The van der Waals surface area contributed by atoms with E-state index in [0.717, 1.165) is 11.9 Å². The Kier molecular flexibility index (Phi) is 5.91. The summed E-state index contributed by atoms with van der Waals surface area (Å²) in [5, 5.41) is 0.893. The average molecular weight is 345 g/mol. The van der Waals surface area contributed by atoms with E-state index in [1.807, 2.05) is 12.1 Å². The molecule has 0 radical (unpaired) electrons. The summed E-state index contributed by atoms with van der Waals surface area (Å²) in [4.78, 5) is 11.2. The van der Waals surface area contributed by atoms with Crippen LogP contribution >= 0.6 is 0 Å². The van der Waals surface area contributed by atoms with Crippen molar-refractivity contribution in [2.45, 2.75) is 38.1 Å². The van der Waals surface area contributed by atoms with Gasteiger partial charge in [0.15, 0.2) is 11.5 Å². The van der Waals surface area contributed by atoms with Crippen LogP contribution in [0.1, 0.15) is 32.1 Å². The number of fused-ring (bicyclic) bond motifs is 1. The number of methoxy groups -OCH3 is 2. The molecule has 1 aromatic carbocycles. The van der Waals surface area contributed by atoms with Crippen LogP contribution in [0.15, 0.2) is 18.3 Å². The lowest BCUT2D eigenvalue weighted by Gasteiger charge is -2.30. The van der Waals surface area contributed by atoms with E-state index in [1.54, 1.807) is 20.4 Å². The van der Waals surface area contributed by atoms with Crippen molar-refractivity contribution in [1.29, 1.82) is 0 Å². The fraction of sp³-hybridized carbons (Fsp3) is 0.579. The van der Waals surface area contributed by atoms with Crippen LogP contribution in [0, 0.1) is 0 Å². The fourth-order valence-corrected chi connectivity index (χ4v) is 3.45. The van der Waals surface area contributed by atoms with Crippen molar-refractivity contribution >= 4 is 10.9 Å². The van der Waals surface area contributed by atoms with Crippen molar-refractivity contribution in [3.05, 3.63) is 18.3 Å². The maximum atomic E-state index is 5.79. The van der Waals surface area contributed by atoms with Crippen LogP contribution in [0.25, 0.3) is 10.9 Å². The first-order valence-corrected chi connectivity index (χ1v) is 8.93. The average Bonchev–Trinajstić information content (AvgIpc) is 2.67. The van der Waals surface area contributed by atoms with Gasteiger partial charge in [-0.1, -0.05) is 19.3 Å². The Hall–Kier alpha value is -2.08. The number of benzene rings is 1. The van der Waals surface area contributed by atoms with Crippen LogP contribution in [-0.2, 0) is 0 Å². The molecule has 0 amide bonds. The van der Waals surface area contributed by atoms with E-state index in [2.05, 4.69) is 21.9 Å². The van der Waals surface area contributed by atoms with Crippen LogP contribution in [-0.4, -0.2) is 55.3 Å². The van der Waals surface area contributed by atoms with Gasteiger partial charge >= 0.3 is 6.01 Å². The largest absolute Gasteiger partial charge is 0.493 e. The van der Waals surface area contributed by atoms with Crippen molar-refractivity contribution < 1.29 is 14.2 Å². The van der Waals surface area contributed by atoms with Crippen molar-refractivity contribution in [2.75, 3.05) is 34.4 Å². The van der Waals surface area contributed by atoms with Gasteiger partial charge in [-0.15, -0.1) is 0 Å². The molecule has 1 aromatic heterocycles. The molecule has 0 N–H and O–H groups in total. The van der Waals surface area contributed by atoms with Crippen molar-refractivity contribution in [3.63, 3.8) is 0 Å². The van der Waals surface area contributed by atoms with Crippen LogP contribution < -0.4 is 14.2 Å². The molecule has 0 aliphatic heterocycles. The molecule has 1 aliphatic carbocycles. The minimum absolute atomic E-state index is 0.371. The highest BCUT2D eigenvalue weighted by atomic mass is 16.5. The predicted molar refractivity (Wildman–Crippen MR) is 97.6 cm³/mol. The second-order valence-electron chi connectivity index (χ2n) is 6.51. The predicted octanol–water partition coefficient (Wildman–Crippen LogP) is 3.29. The molecule has 0 unspecified atom stereocenters. The highest BCUT2D eigenvalue weighted by Gasteiger charge is 2.18. The van der Waals surface area contributed by atoms with E-state index in [1.165, 1.54) is 32.1 Å². The summed E-state index contributed by atoms with van der Waals surface area (Å²) in [7, 11) is 5.40. The lowest BCUT2D eigenvalue weighted by atomic mass is 9.94. The molecular formula is C19H27N3O3. The van der Waals surface area contributed by atoms with Gasteiger partial charge in [0.1, 0.15) is 12.1 Å². The minimum atomic E-state index is 0.371. The topological polar surface area (TPSA) is 56.7 Å². The SMILES string of the molecule is COc1ccc2cnc(OCCN(C)C3CCCCC3)nc2c1OC. The van der Waals surface area contributed by atoms with Crippen LogP contribution in [0.2, 0.25) is 0 Å². The number of nitrogens with zero attached hydrogens (tertiary/aromatic N) is 3. The summed E-state index contributed by atoms with van der Waals surface area (Å²) >= 11 is 0. The fourth-order valence-electron chi connectivity index (χ4n) is 3.45. The van der Waals surface area contributed by atoms with E-state index >= 15 is 0 Å².